The van der Waals surface area contributed by atoms with Crippen molar-refractivity contribution in [2.75, 3.05) is 37.8 Å². The maximum atomic E-state index is 13.0. The maximum Gasteiger partial charge on any atom is 0.490 e. The number of alkyl halides is 3. The quantitative estimate of drug-likeness (QED) is 0.407. The number of nitrogens with one attached hydrogen (secondary N) is 3. The molecule has 0 bridgehead atoms. The first-order chi connectivity index (χ1) is 17.6. The number of rotatable bonds is 6. The van der Waals surface area contributed by atoms with Crippen molar-refractivity contribution in [3.8, 4) is 0 Å². The Balaban J connectivity index is 0.000000638. The molecule has 0 saturated carbocycles. The minimum atomic E-state index is -5.08. The number of aromatic nitrogens is 1. The van der Waals surface area contributed by atoms with Gasteiger partial charge in [-0.05, 0) is 56.3 Å². The van der Waals surface area contributed by atoms with Crippen molar-refractivity contribution >= 4 is 50.9 Å². The van der Waals surface area contributed by atoms with Gasteiger partial charge in [0.25, 0.3) is 5.91 Å². The Morgan fingerprint density at radius 2 is 1.71 bits per heavy atom. The van der Waals surface area contributed by atoms with Gasteiger partial charge in [0.1, 0.15) is 5.82 Å². The standard InChI is InChI=1S/C20H24ClN5O4S.C2HF3O2/c1-26(2)31(29,30)15-4-5-17(24-19(27)13-7-9-22-10-8-13)16(11-15)20(28)25-18-6-3-14(21)12-23-18;3-2(4,5)1(6)7/h3-6,11-13,22H,7-10H2,1-2H3,(H,24,27)(H,23,25,28);(H,6,7). The number of nitrogens with zero attached hydrogens (tertiary/aromatic N) is 2. The van der Waals surface area contributed by atoms with E-state index in [1.807, 2.05) is 0 Å². The fourth-order valence-corrected chi connectivity index (χ4v) is 4.18. The number of carboxylic acids is 1. The molecule has 0 spiro atoms. The van der Waals surface area contributed by atoms with Crippen LogP contribution < -0.4 is 16.0 Å². The van der Waals surface area contributed by atoms with E-state index >= 15 is 0 Å². The zero-order chi connectivity index (χ0) is 28.7. The lowest BCUT2D eigenvalue weighted by Gasteiger charge is -2.22. The molecule has 38 heavy (non-hydrogen) atoms. The molecule has 0 radical (unpaired) electrons. The molecule has 208 valence electrons. The largest absolute Gasteiger partial charge is 0.490 e. The van der Waals surface area contributed by atoms with Crippen LogP contribution in [0.1, 0.15) is 23.2 Å². The number of hydrogen-bond donors (Lipinski definition) is 4. The van der Waals surface area contributed by atoms with Crippen LogP contribution in [0.2, 0.25) is 5.02 Å². The molecular weight excluding hydrogens is 555 g/mol. The minimum Gasteiger partial charge on any atom is -0.475 e. The third-order valence-electron chi connectivity index (χ3n) is 5.19. The van der Waals surface area contributed by atoms with Crippen LogP contribution in [0.5, 0.6) is 0 Å². The second kappa shape index (κ2) is 13.0. The lowest BCUT2D eigenvalue weighted by atomic mass is 9.97. The highest BCUT2D eigenvalue weighted by Crippen LogP contribution is 2.25. The summed E-state index contributed by atoms with van der Waals surface area (Å²) >= 11 is 5.82. The van der Waals surface area contributed by atoms with E-state index in [9.17, 15) is 31.2 Å². The molecule has 1 fully saturated rings. The van der Waals surface area contributed by atoms with Crippen LogP contribution in [0, 0.1) is 5.92 Å². The fraction of sp³-hybridized carbons (Fsp3) is 0.364. The molecule has 0 atom stereocenters. The van der Waals surface area contributed by atoms with Crippen LogP contribution in [0.4, 0.5) is 24.7 Å². The number of pyridine rings is 1. The van der Waals surface area contributed by atoms with Crippen molar-refractivity contribution in [3.63, 3.8) is 0 Å². The number of anilines is 2. The van der Waals surface area contributed by atoms with E-state index in [-0.39, 0.29) is 33.8 Å². The molecule has 4 N–H and O–H groups in total. The molecule has 0 unspecified atom stereocenters. The highest BCUT2D eigenvalue weighted by atomic mass is 35.5. The molecule has 2 heterocycles. The first-order valence-electron chi connectivity index (χ1n) is 10.9. The fourth-order valence-electron chi connectivity index (χ4n) is 3.14. The molecular formula is C22H25ClF3N5O6S. The third kappa shape index (κ3) is 8.65. The van der Waals surface area contributed by atoms with Gasteiger partial charge < -0.3 is 21.1 Å². The van der Waals surface area contributed by atoms with Gasteiger partial charge in [-0.2, -0.15) is 13.2 Å². The third-order valence-corrected chi connectivity index (χ3v) is 7.23. The normalized spacial score (nSPS) is 14.3. The van der Waals surface area contributed by atoms with Crippen LogP contribution >= 0.6 is 11.6 Å². The van der Waals surface area contributed by atoms with E-state index in [1.165, 1.54) is 44.6 Å². The van der Waals surface area contributed by atoms with E-state index < -0.39 is 28.1 Å². The number of benzene rings is 1. The molecule has 0 aliphatic carbocycles. The van der Waals surface area contributed by atoms with Gasteiger partial charge in [-0.15, -0.1) is 0 Å². The van der Waals surface area contributed by atoms with Gasteiger partial charge in [0.05, 0.1) is 21.2 Å². The van der Waals surface area contributed by atoms with Crippen LogP contribution in [0.15, 0.2) is 41.4 Å². The van der Waals surface area contributed by atoms with Gasteiger partial charge in [0.2, 0.25) is 15.9 Å². The number of piperidine rings is 1. The van der Waals surface area contributed by atoms with Crippen LogP contribution in [-0.2, 0) is 19.6 Å². The number of carbonyl (C=O) groups is 3. The Morgan fingerprint density at radius 1 is 1.11 bits per heavy atom. The van der Waals surface area contributed by atoms with Crippen molar-refractivity contribution in [1.29, 1.82) is 0 Å². The van der Waals surface area contributed by atoms with E-state index in [0.717, 1.165) is 17.4 Å². The number of carbonyl (C=O) groups excluding carboxylic acids is 2. The highest BCUT2D eigenvalue weighted by Gasteiger charge is 2.38. The predicted molar refractivity (Wildman–Crippen MR) is 132 cm³/mol. The van der Waals surface area contributed by atoms with Gasteiger partial charge in [-0.1, -0.05) is 11.6 Å². The Labute approximate surface area is 221 Å². The van der Waals surface area contributed by atoms with Crippen molar-refractivity contribution in [1.82, 2.24) is 14.6 Å². The number of hydrogen-bond acceptors (Lipinski definition) is 7. The van der Waals surface area contributed by atoms with E-state index in [4.69, 9.17) is 21.5 Å². The second-order valence-electron chi connectivity index (χ2n) is 8.13. The Morgan fingerprint density at radius 3 is 2.21 bits per heavy atom. The van der Waals surface area contributed by atoms with Crippen molar-refractivity contribution in [2.45, 2.75) is 23.9 Å². The summed E-state index contributed by atoms with van der Waals surface area (Å²) in [6, 6.07) is 7.13. The minimum absolute atomic E-state index is 0.0157. The van der Waals surface area contributed by atoms with Gasteiger partial charge >= 0.3 is 12.1 Å². The first kappa shape index (κ1) is 31.0. The smallest absolute Gasteiger partial charge is 0.475 e. The summed E-state index contributed by atoms with van der Waals surface area (Å²) in [4.78, 5) is 38.5. The predicted octanol–water partition coefficient (Wildman–Crippen LogP) is 2.81. The summed E-state index contributed by atoms with van der Waals surface area (Å²) in [5.74, 6) is -3.51. The molecule has 11 nitrogen and oxygen atoms in total. The molecule has 16 heteroatoms. The zero-order valence-corrected chi connectivity index (χ0v) is 21.7. The first-order valence-corrected chi connectivity index (χ1v) is 12.8. The Hall–Kier alpha value is -3.27. The molecule has 2 amide bonds. The monoisotopic (exact) mass is 579 g/mol. The highest BCUT2D eigenvalue weighted by molar-refractivity contribution is 7.89. The molecule has 1 aromatic carbocycles. The van der Waals surface area contributed by atoms with Crippen LogP contribution in [-0.4, -0.2) is 74.0 Å². The maximum absolute atomic E-state index is 13.0. The molecule has 1 aromatic heterocycles. The number of halogens is 4. The van der Waals surface area contributed by atoms with Crippen molar-refractivity contribution in [2.24, 2.45) is 5.92 Å². The van der Waals surface area contributed by atoms with Crippen molar-refractivity contribution in [3.05, 3.63) is 47.1 Å². The van der Waals surface area contributed by atoms with Gasteiger partial charge in [0, 0.05) is 26.2 Å². The number of aliphatic carboxylic acids is 1. The van der Waals surface area contributed by atoms with Crippen LogP contribution in [0.25, 0.3) is 0 Å². The zero-order valence-electron chi connectivity index (χ0n) is 20.2. The summed E-state index contributed by atoms with van der Waals surface area (Å²) < 4.78 is 57.9. The summed E-state index contributed by atoms with van der Waals surface area (Å²) in [5, 5.41) is 16.1. The molecule has 1 aliphatic rings. The summed E-state index contributed by atoms with van der Waals surface area (Å²) in [6.45, 7) is 1.49. The second-order valence-corrected chi connectivity index (χ2v) is 10.7. The molecule has 3 rings (SSSR count). The topological polar surface area (TPSA) is 158 Å². The average Bonchev–Trinajstić information content (AvgIpc) is 2.85. The molecule has 1 aliphatic heterocycles. The number of amides is 2. The average molecular weight is 580 g/mol. The lowest BCUT2D eigenvalue weighted by molar-refractivity contribution is -0.192. The van der Waals surface area contributed by atoms with Gasteiger partial charge in [-0.25, -0.2) is 22.5 Å². The Kier molecular flexibility index (Phi) is 10.6. The Bertz CT molecular complexity index is 1270. The number of sulfonamides is 1. The molecule has 2 aromatic rings. The lowest BCUT2D eigenvalue weighted by Crippen LogP contribution is -2.35. The summed E-state index contributed by atoms with van der Waals surface area (Å²) in [7, 11) is -0.973. The van der Waals surface area contributed by atoms with E-state index in [0.29, 0.717) is 17.9 Å². The van der Waals surface area contributed by atoms with Gasteiger partial charge in [0.15, 0.2) is 0 Å². The van der Waals surface area contributed by atoms with E-state index in [1.54, 1.807) is 6.07 Å². The number of carboxylic acid groups (broad SMARTS) is 1. The summed E-state index contributed by atoms with van der Waals surface area (Å²) in [5.41, 5.74) is 0.245. The van der Waals surface area contributed by atoms with Crippen molar-refractivity contribution < 1.29 is 41.1 Å². The molecule has 1 saturated heterocycles. The van der Waals surface area contributed by atoms with Crippen LogP contribution in [0.3, 0.4) is 0 Å². The van der Waals surface area contributed by atoms with E-state index in [2.05, 4.69) is 20.9 Å². The summed E-state index contributed by atoms with van der Waals surface area (Å²) in [6.07, 6.45) is -2.33. The van der Waals surface area contributed by atoms with Gasteiger partial charge in [-0.3, -0.25) is 9.59 Å². The SMILES string of the molecule is CN(C)S(=O)(=O)c1ccc(NC(=O)C2CCNCC2)c(C(=O)Nc2ccc(Cl)cn2)c1.O=C(O)C(F)(F)F.